The predicted molar refractivity (Wildman–Crippen MR) is 96.5 cm³/mol. The van der Waals surface area contributed by atoms with Gasteiger partial charge in [0, 0.05) is 40.8 Å². The van der Waals surface area contributed by atoms with Gasteiger partial charge in [-0.15, -0.1) is 23.1 Å². The van der Waals surface area contributed by atoms with Crippen LogP contribution in [0.4, 0.5) is 0 Å². The Bertz CT molecular complexity index is 450. The van der Waals surface area contributed by atoms with Crippen LogP contribution in [0.5, 0.6) is 0 Å². The highest BCUT2D eigenvalue weighted by Gasteiger charge is 2.29. The fourth-order valence-corrected chi connectivity index (χ4v) is 6.35. The van der Waals surface area contributed by atoms with Crippen LogP contribution >= 0.6 is 34.9 Å². The van der Waals surface area contributed by atoms with Gasteiger partial charge in [0.2, 0.25) is 0 Å². The number of hydrogen-bond acceptors (Lipinski definition) is 6. The first-order valence-corrected chi connectivity index (χ1v) is 10.3. The van der Waals surface area contributed by atoms with Crippen LogP contribution in [0.2, 0.25) is 0 Å². The van der Waals surface area contributed by atoms with Gasteiger partial charge in [-0.05, 0) is 0 Å². The molecule has 1 N–H and O–H groups in total. The molecule has 0 radical (unpaired) electrons. The fourth-order valence-electron chi connectivity index (χ4n) is 2.14. The maximum atomic E-state index is 5.32. The van der Waals surface area contributed by atoms with Gasteiger partial charge >= 0.3 is 0 Å². The normalized spacial score (nSPS) is 26.5. The summed E-state index contributed by atoms with van der Waals surface area (Å²) in [7, 11) is 1.74. The summed E-state index contributed by atoms with van der Waals surface area (Å²) in [6, 6.07) is 0.492. The Balaban J connectivity index is 2.10. The minimum Gasteiger partial charge on any atom is -0.378 e. The zero-order valence-electron chi connectivity index (χ0n) is 13.5. The maximum Gasteiger partial charge on any atom is 0.107 e. The summed E-state index contributed by atoms with van der Waals surface area (Å²) in [6.07, 6.45) is 0. The van der Waals surface area contributed by atoms with E-state index in [1.807, 2.05) is 11.3 Å². The van der Waals surface area contributed by atoms with Crippen molar-refractivity contribution in [3.05, 3.63) is 15.6 Å². The molecule has 1 fully saturated rings. The summed E-state index contributed by atoms with van der Waals surface area (Å²) in [6.45, 7) is 10.5. The third-order valence-electron chi connectivity index (χ3n) is 3.57. The number of methoxy groups -OCH3 is 1. The highest BCUT2D eigenvalue weighted by atomic mass is 32.2. The van der Waals surface area contributed by atoms with Gasteiger partial charge in [-0.1, -0.05) is 27.7 Å². The van der Waals surface area contributed by atoms with Crippen molar-refractivity contribution in [2.45, 2.75) is 62.6 Å². The molecule has 3 unspecified atom stereocenters. The van der Waals surface area contributed by atoms with Gasteiger partial charge in [-0.3, -0.25) is 0 Å². The molecule has 1 saturated heterocycles. The molecule has 1 aromatic rings. The second-order valence-corrected chi connectivity index (χ2v) is 9.87. The molecule has 6 heteroatoms. The molecular weight excluding hydrogens is 320 g/mol. The standard InChI is InChI=1S/C15H26N2OS3/c1-9(2)16-6-13-12(7-18-5)17-15(21-13)14-8-19-10(3)11(4)20-14/h9-11,14,16H,6-8H2,1-5H3. The molecule has 0 spiro atoms. The monoisotopic (exact) mass is 346 g/mol. The SMILES string of the molecule is COCc1nc(C2CSC(C)C(C)S2)sc1CNC(C)C. The lowest BCUT2D eigenvalue weighted by molar-refractivity contribution is 0.181. The number of nitrogens with one attached hydrogen (secondary N) is 1. The van der Waals surface area contributed by atoms with Crippen LogP contribution in [0, 0.1) is 0 Å². The molecule has 21 heavy (non-hydrogen) atoms. The fraction of sp³-hybridized carbons (Fsp3) is 0.800. The molecule has 0 amide bonds. The number of thiazole rings is 1. The lowest BCUT2D eigenvalue weighted by atomic mass is 10.3. The smallest absolute Gasteiger partial charge is 0.107 e. The first kappa shape index (κ1) is 17.6. The Morgan fingerprint density at radius 2 is 2.10 bits per heavy atom. The molecular formula is C15H26N2OS3. The minimum atomic E-state index is 0.492. The summed E-state index contributed by atoms with van der Waals surface area (Å²) in [4.78, 5) is 6.21. The molecule has 1 aromatic heterocycles. The molecule has 1 aliphatic rings. The topological polar surface area (TPSA) is 34.1 Å². The third-order valence-corrected chi connectivity index (χ3v) is 8.33. The van der Waals surface area contributed by atoms with Crippen molar-refractivity contribution >= 4 is 34.9 Å². The molecule has 1 aliphatic heterocycles. The second-order valence-electron chi connectivity index (χ2n) is 5.76. The van der Waals surface area contributed by atoms with Gasteiger partial charge in [0.15, 0.2) is 0 Å². The summed E-state index contributed by atoms with van der Waals surface area (Å²) >= 11 is 6.02. The average Bonchev–Trinajstić information content (AvgIpc) is 2.83. The lowest BCUT2D eigenvalue weighted by Gasteiger charge is -2.30. The van der Waals surface area contributed by atoms with Crippen molar-refractivity contribution in [2.24, 2.45) is 0 Å². The van der Waals surface area contributed by atoms with Crippen molar-refractivity contribution in [3.8, 4) is 0 Å². The zero-order valence-corrected chi connectivity index (χ0v) is 16.0. The third kappa shape index (κ3) is 4.86. The van der Waals surface area contributed by atoms with E-state index in [1.54, 1.807) is 7.11 Å². The van der Waals surface area contributed by atoms with Crippen molar-refractivity contribution in [3.63, 3.8) is 0 Å². The molecule has 3 nitrogen and oxygen atoms in total. The second kappa shape index (κ2) is 8.20. The number of rotatable bonds is 6. The average molecular weight is 347 g/mol. The van der Waals surface area contributed by atoms with E-state index in [0.717, 1.165) is 17.5 Å². The maximum absolute atomic E-state index is 5.32. The van der Waals surface area contributed by atoms with Crippen LogP contribution < -0.4 is 5.32 Å². The van der Waals surface area contributed by atoms with E-state index in [4.69, 9.17) is 9.72 Å². The van der Waals surface area contributed by atoms with E-state index < -0.39 is 0 Å². The van der Waals surface area contributed by atoms with E-state index in [0.29, 0.717) is 23.1 Å². The Kier molecular flexibility index (Phi) is 6.87. The van der Waals surface area contributed by atoms with Crippen molar-refractivity contribution in [1.29, 1.82) is 0 Å². The Morgan fingerprint density at radius 3 is 2.71 bits per heavy atom. The zero-order chi connectivity index (χ0) is 15.4. The van der Waals surface area contributed by atoms with Gasteiger partial charge in [0.25, 0.3) is 0 Å². The molecule has 2 rings (SSSR count). The van der Waals surface area contributed by atoms with Crippen molar-refractivity contribution in [2.75, 3.05) is 12.9 Å². The molecule has 0 aromatic carbocycles. The van der Waals surface area contributed by atoms with Crippen LogP contribution in [0.15, 0.2) is 0 Å². The van der Waals surface area contributed by atoms with Crippen molar-refractivity contribution in [1.82, 2.24) is 10.3 Å². The predicted octanol–water partition coefficient (Wildman–Crippen LogP) is 4.09. The summed E-state index contributed by atoms with van der Waals surface area (Å²) in [5, 5.41) is 6.75. The Hall–Kier alpha value is 0.250. The number of thioether (sulfide) groups is 2. The van der Waals surface area contributed by atoms with E-state index in [9.17, 15) is 0 Å². The van der Waals surface area contributed by atoms with Gasteiger partial charge in [0.1, 0.15) is 5.01 Å². The quantitative estimate of drug-likeness (QED) is 0.839. The molecule has 3 atom stereocenters. The summed E-state index contributed by atoms with van der Waals surface area (Å²) < 4.78 is 5.32. The number of ether oxygens (including phenoxy) is 1. The number of nitrogens with zero attached hydrogens (tertiary/aromatic N) is 1. The van der Waals surface area contributed by atoms with Crippen LogP contribution in [-0.4, -0.2) is 34.4 Å². The lowest BCUT2D eigenvalue weighted by Crippen LogP contribution is -2.22. The van der Waals surface area contributed by atoms with Gasteiger partial charge in [-0.25, -0.2) is 4.98 Å². The van der Waals surface area contributed by atoms with E-state index in [-0.39, 0.29) is 0 Å². The van der Waals surface area contributed by atoms with E-state index in [1.165, 1.54) is 15.6 Å². The van der Waals surface area contributed by atoms with Gasteiger partial charge in [-0.2, -0.15) is 11.8 Å². The van der Waals surface area contributed by atoms with Crippen LogP contribution in [0.3, 0.4) is 0 Å². The molecule has 0 saturated carbocycles. The number of hydrogen-bond donors (Lipinski definition) is 1. The Labute approximate surface area is 141 Å². The van der Waals surface area contributed by atoms with Crippen LogP contribution in [0.1, 0.15) is 48.5 Å². The van der Waals surface area contributed by atoms with E-state index in [2.05, 4.69) is 56.5 Å². The molecule has 2 heterocycles. The first-order chi connectivity index (χ1) is 10.0. The highest BCUT2D eigenvalue weighted by molar-refractivity contribution is 8.07. The summed E-state index contributed by atoms with van der Waals surface area (Å²) in [5.74, 6) is 1.17. The van der Waals surface area contributed by atoms with Crippen molar-refractivity contribution < 1.29 is 4.74 Å². The molecule has 120 valence electrons. The minimum absolute atomic E-state index is 0.492. The van der Waals surface area contributed by atoms with Gasteiger partial charge < -0.3 is 10.1 Å². The van der Waals surface area contributed by atoms with Crippen LogP contribution in [0.25, 0.3) is 0 Å². The summed E-state index contributed by atoms with van der Waals surface area (Å²) in [5.41, 5.74) is 1.11. The van der Waals surface area contributed by atoms with Crippen LogP contribution in [-0.2, 0) is 17.9 Å². The highest BCUT2D eigenvalue weighted by Crippen LogP contribution is 2.45. The molecule has 0 aliphatic carbocycles. The molecule has 0 bridgehead atoms. The Morgan fingerprint density at radius 1 is 1.33 bits per heavy atom. The van der Waals surface area contributed by atoms with Gasteiger partial charge in [0.05, 0.1) is 17.6 Å². The first-order valence-electron chi connectivity index (χ1n) is 7.49. The van der Waals surface area contributed by atoms with E-state index >= 15 is 0 Å². The largest absolute Gasteiger partial charge is 0.378 e. The number of aromatic nitrogens is 1.